The summed E-state index contributed by atoms with van der Waals surface area (Å²) >= 11 is 0. The largest absolute Gasteiger partial charge is 0.474 e. The molecule has 1 aromatic heterocycles. The Morgan fingerprint density at radius 1 is 1.30 bits per heavy atom. The van der Waals surface area contributed by atoms with Crippen molar-refractivity contribution in [2.24, 2.45) is 4.99 Å². The Kier molecular flexibility index (Phi) is 3.54. The zero-order valence-electron chi connectivity index (χ0n) is 11.4. The molecule has 3 rings (SSSR count). The smallest absolute Gasteiger partial charge is 0.233 e. The first-order valence-corrected chi connectivity index (χ1v) is 6.87. The molecule has 104 valence electrons. The number of halogens is 1. The highest BCUT2D eigenvalue weighted by Gasteiger charge is 2.20. The number of benzene rings is 1. The maximum Gasteiger partial charge on any atom is 0.233 e. The molecule has 1 atom stereocenters. The lowest BCUT2D eigenvalue weighted by Crippen LogP contribution is -2.11. The summed E-state index contributed by atoms with van der Waals surface area (Å²) < 4.78 is 21.3. The van der Waals surface area contributed by atoms with E-state index in [2.05, 4.69) is 11.9 Å². The Balaban J connectivity index is 1.86. The van der Waals surface area contributed by atoms with Crippen LogP contribution in [0.5, 0.6) is 0 Å². The van der Waals surface area contributed by atoms with Crippen molar-refractivity contribution in [1.82, 2.24) is 4.57 Å². The second-order valence-electron chi connectivity index (χ2n) is 4.92. The Labute approximate surface area is 117 Å². The fraction of sp³-hybridized carbons (Fsp3) is 0.312. The molecule has 0 saturated carbocycles. The fourth-order valence-corrected chi connectivity index (χ4v) is 2.32. The summed E-state index contributed by atoms with van der Waals surface area (Å²) in [5.74, 6) is 0.478. The number of hydrogen-bond donors (Lipinski definition) is 0. The molecule has 0 saturated heterocycles. The predicted molar refractivity (Wildman–Crippen MR) is 76.5 cm³/mol. The molecular weight excluding hydrogens is 255 g/mol. The average molecular weight is 272 g/mol. The molecule has 2 aromatic rings. The van der Waals surface area contributed by atoms with Gasteiger partial charge in [0.05, 0.1) is 12.6 Å². The lowest BCUT2D eigenvalue weighted by Gasteiger charge is -2.09. The standard InChI is InChI=1S/C16H17FN2O/c1-2-13-11-20-16(18-13)15-8-5-9-19(15)10-12-6-3-4-7-14(12)17/h3-9,13H,2,10-11H2,1H3. The van der Waals surface area contributed by atoms with E-state index in [1.54, 1.807) is 12.1 Å². The van der Waals surface area contributed by atoms with Gasteiger partial charge < -0.3 is 9.30 Å². The molecule has 1 aliphatic heterocycles. The highest BCUT2D eigenvalue weighted by Crippen LogP contribution is 2.17. The molecule has 20 heavy (non-hydrogen) atoms. The van der Waals surface area contributed by atoms with E-state index in [-0.39, 0.29) is 11.9 Å². The summed E-state index contributed by atoms with van der Waals surface area (Å²) in [4.78, 5) is 4.55. The normalized spacial score (nSPS) is 17.9. The summed E-state index contributed by atoms with van der Waals surface area (Å²) in [5.41, 5.74) is 1.57. The van der Waals surface area contributed by atoms with Gasteiger partial charge in [0.2, 0.25) is 5.90 Å². The van der Waals surface area contributed by atoms with Crippen LogP contribution in [0.4, 0.5) is 4.39 Å². The molecule has 0 bridgehead atoms. The number of hydrogen-bond acceptors (Lipinski definition) is 2. The quantitative estimate of drug-likeness (QED) is 0.839. The van der Waals surface area contributed by atoms with Crippen molar-refractivity contribution >= 4 is 5.90 Å². The van der Waals surface area contributed by atoms with Crippen LogP contribution >= 0.6 is 0 Å². The number of aliphatic imine (C=N–C) groups is 1. The van der Waals surface area contributed by atoms with Crippen molar-refractivity contribution < 1.29 is 9.13 Å². The van der Waals surface area contributed by atoms with Gasteiger partial charge in [-0.2, -0.15) is 0 Å². The zero-order valence-corrected chi connectivity index (χ0v) is 11.4. The Morgan fingerprint density at radius 3 is 2.90 bits per heavy atom. The van der Waals surface area contributed by atoms with Crippen LogP contribution in [0, 0.1) is 5.82 Å². The van der Waals surface area contributed by atoms with E-state index in [0.29, 0.717) is 24.6 Å². The van der Waals surface area contributed by atoms with Gasteiger partial charge >= 0.3 is 0 Å². The lowest BCUT2D eigenvalue weighted by molar-refractivity contribution is 0.313. The first-order chi connectivity index (χ1) is 9.78. The van der Waals surface area contributed by atoms with Crippen LogP contribution in [0.1, 0.15) is 24.6 Å². The molecule has 2 heterocycles. The highest BCUT2D eigenvalue weighted by molar-refractivity contribution is 5.93. The molecular formula is C16H17FN2O. The minimum absolute atomic E-state index is 0.187. The Morgan fingerprint density at radius 2 is 2.15 bits per heavy atom. The minimum atomic E-state index is -0.187. The van der Waals surface area contributed by atoms with E-state index in [0.717, 1.165) is 12.1 Å². The average Bonchev–Trinajstić information content (AvgIpc) is 3.09. The molecule has 1 aromatic carbocycles. The van der Waals surface area contributed by atoms with Crippen molar-refractivity contribution in [2.45, 2.75) is 25.9 Å². The maximum atomic E-state index is 13.7. The Hall–Kier alpha value is -2.10. The van der Waals surface area contributed by atoms with Crippen LogP contribution in [0.3, 0.4) is 0 Å². The van der Waals surface area contributed by atoms with Crippen LogP contribution in [0.15, 0.2) is 47.6 Å². The third-order valence-corrected chi connectivity index (χ3v) is 3.53. The lowest BCUT2D eigenvalue weighted by atomic mass is 10.2. The minimum Gasteiger partial charge on any atom is -0.474 e. The molecule has 0 N–H and O–H groups in total. The molecule has 4 heteroatoms. The van der Waals surface area contributed by atoms with E-state index in [1.165, 1.54) is 6.07 Å². The molecule has 0 radical (unpaired) electrons. The number of rotatable bonds is 4. The van der Waals surface area contributed by atoms with Crippen LogP contribution in [-0.2, 0) is 11.3 Å². The van der Waals surface area contributed by atoms with Gasteiger partial charge in [-0.15, -0.1) is 0 Å². The monoisotopic (exact) mass is 272 g/mol. The fourth-order valence-electron chi connectivity index (χ4n) is 2.32. The van der Waals surface area contributed by atoms with Gasteiger partial charge in [0, 0.05) is 11.8 Å². The van der Waals surface area contributed by atoms with Crippen molar-refractivity contribution in [3.8, 4) is 0 Å². The van der Waals surface area contributed by atoms with E-state index < -0.39 is 0 Å². The maximum absolute atomic E-state index is 13.7. The molecule has 0 amide bonds. The number of nitrogens with zero attached hydrogens (tertiary/aromatic N) is 2. The summed E-state index contributed by atoms with van der Waals surface area (Å²) in [5, 5.41) is 0. The van der Waals surface area contributed by atoms with E-state index in [1.807, 2.05) is 29.0 Å². The predicted octanol–water partition coefficient (Wildman–Crippen LogP) is 3.23. The number of ether oxygens (including phenoxy) is 1. The molecule has 1 aliphatic rings. The summed E-state index contributed by atoms with van der Waals surface area (Å²) in [6.07, 6.45) is 2.89. The second kappa shape index (κ2) is 5.49. The van der Waals surface area contributed by atoms with Crippen molar-refractivity contribution in [3.05, 3.63) is 59.7 Å². The summed E-state index contributed by atoms with van der Waals surface area (Å²) in [6.45, 7) is 3.21. The zero-order chi connectivity index (χ0) is 13.9. The molecule has 1 unspecified atom stereocenters. The van der Waals surface area contributed by atoms with Gasteiger partial charge in [0.15, 0.2) is 0 Å². The summed E-state index contributed by atoms with van der Waals surface area (Å²) in [6, 6.07) is 10.9. The van der Waals surface area contributed by atoms with Crippen molar-refractivity contribution in [1.29, 1.82) is 0 Å². The molecule has 0 fully saturated rings. The first-order valence-electron chi connectivity index (χ1n) is 6.87. The third-order valence-electron chi connectivity index (χ3n) is 3.53. The van der Waals surface area contributed by atoms with Gasteiger partial charge in [0.1, 0.15) is 18.1 Å². The van der Waals surface area contributed by atoms with Crippen LogP contribution in [0.2, 0.25) is 0 Å². The Bertz CT molecular complexity index is 633. The van der Waals surface area contributed by atoms with Gasteiger partial charge in [-0.05, 0) is 24.6 Å². The van der Waals surface area contributed by atoms with Crippen LogP contribution < -0.4 is 0 Å². The van der Waals surface area contributed by atoms with Gasteiger partial charge in [-0.1, -0.05) is 25.1 Å². The van der Waals surface area contributed by atoms with E-state index >= 15 is 0 Å². The highest BCUT2D eigenvalue weighted by atomic mass is 19.1. The first kappa shape index (κ1) is 12.9. The SMILES string of the molecule is CCC1COC(c2cccn2Cc2ccccc2F)=N1. The topological polar surface area (TPSA) is 26.5 Å². The molecule has 3 nitrogen and oxygen atoms in total. The van der Waals surface area contributed by atoms with Crippen LogP contribution in [-0.4, -0.2) is 23.1 Å². The van der Waals surface area contributed by atoms with Crippen LogP contribution in [0.25, 0.3) is 0 Å². The second-order valence-corrected chi connectivity index (χ2v) is 4.92. The van der Waals surface area contributed by atoms with Crippen molar-refractivity contribution in [3.63, 3.8) is 0 Å². The molecule has 0 aliphatic carbocycles. The van der Waals surface area contributed by atoms with Gasteiger partial charge in [-0.3, -0.25) is 0 Å². The summed E-state index contributed by atoms with van der Waals surface area (Å²) in [7, 11) is 0. The van der Waals surface area contributed by atoms with E-state index in [9.17, 15) is 4.39 Å². The molecule has 0 spiro atoms. The van der Waals surface area contributed by atoms with Gasteiger partial charge in [0.25, 0.3) is 0 Å². The van der Waals surface area contributed by atoms with Crippen molar-refractivity contribution in [2.75, 3.05) is 6.61 Å². The van der Waals surface area contributed by atoms with Gasteiger partial charge in [-0.25, -0.2) is 9.38 Å². The third kappa shape index (κ3) is 2.46. The number of aromatic nitrogens is 1. The van der Waals surface area contributed by atoms with E-state index in [4.69, 9.17) is 4.74 Å².